The molecule has 114 valence electrons. The second kappa shape index (κ2) is 5.85. The largest absolute Gasteiger partial charge is 0.310 e. The molecule has 1 aromatic heterocycles. The van der Waals surface area contributed by atoms with Crippen molar-refractivity contribution in [2.24, 2.45) is 0 Å². The summed E-state index contributed by atoms with van der Waals surface area (Å²) in [6.45, 7) is 9.24. The molecule has 0 radical (unpaired) electrons. The zero-order chi connectivity index (χ0) is 14.9. The molecule has 1 saturated heterocycles. The van der Waals surface area contributed by atoms with E-state index in [0.29, 0.717) is 12.5 Å². The van der Waals surface area contributed by atoms with Gasteiger partial charge in [0.1, 0.15) is 0 Å². The molecule has 20 heavy (non-hydrogen) atoms. The summed E-state index contributed by atoms with van der Waals surface area (Å²) < 4.78 is 25.3. The van der Waals surface area contributed by atoms with Gasteiger partial charge in [0.05, 0.1) is 23.2 Å². The number of nitrogens with one attached hydrogen (secondary N) is 1. The Balaban J connectivity index is 2.34. The normalized spacial score (nSPS) is 23.1. The van der Waals surface area contributed by atoms with Crippen LogP contribution in [-0.2, 0) is 9.84 Å². The van der Waals surface area contributed by atoms with Crippen LogP contribution in [0.1, 0.15) is 55.7 Å². The van der Waals surface area contributed by atoms with Gasteiger partial charge in [-0.2, -0.15) is 5.10 Å². The van der Waals surface area contributed by atoms with Gasteiger partial charge in [-0.25, -0.2) is 8.42 Å². The molecule has 0 bridgehead atoms. The third-order valence-electron chi connectivity index (χ3n) is 4.14. The average Bonchev–Trinajstić information content (AvgIpc) is 2.87. The lowest BCUT2D eigenvalue weighted by Crippen LogP contribution is -2.21. The predicted molar refractivity (Wildman–Crippen MR) is 80.7 cm³/mol. The summed E-state index contributed by atoms with van der Waals surface area (Å²) >= 11 is 0. The molecule has 0 aromatic carbocycles. The third kappa shape index (κ3) is 2.91. The first-order valence-electron chi connectivity index (χ1n) is 7.39. The minimum Gasteiger partial charge on any atom is -0.310 e. The molecular weight excluding hydrogens is 274 g/mol. The fourth-order valence-corrected chi connectivity index (χ4v) is 4.89. The SMILES string of the molecule is CCNC(CC)c1c(C)nn(C2CCS(=O)(=O)C2)c1C. The van der Waals surface area contributed by atoms with Crippen LogP contribution in [0.2, 0.25) is 0 Å². The first-order chi connectivity index (χ1) is 9.39. The maximum atomic E-state index is 11.7. The average molecular weight is 299 g/mol. The number of aromatic nitrogens is 2. The summed E-state index contributed by atoms with van der Waals surface area (Å²) in [4.78, 5) is 0. The van der Waals surface area contributed by atoms with E-state index >= 15 is 0 Å². The highest BCUT2D eigenvalue weighted by molar-refractivity contribution is 7.91. The number of nitrogens with zero attached hydrogens (tertiary/aromatic N) is 2. The summed E-state index contributed by atoms with van der Waals surface area (Å²) in [5.74, 6) is 0.516. The van der Waals surface area contributed by atoms with Crippen LogP contribution in [0.4, 0.5) is 0 Å². The second-order valence-electron chi connectivity index (χ2n) is 5.60. The van der Waals surface area contributed by atoms with Crippen LogP contribution in [0, 0.1) is 13.8 Å². The van der Waals surface area contributed by atoms with Gasteiger partial charge in [0, 0.05) is 17.3 Å². The maximum absolute atomic E-state index is 11.7. The van der Waals surface area contributed by atoms with Gasteiger partial charge in [-0.05, 0) is 33.2 Å². The highest BCUT2D eigenvalue weighted by Crippen LogP contribution is 2.30. The zero-order valence-corrected chi connectivity index (χ0v) is 13.6. The fourth-order valence-electron chi connectivity index (χ4n) is 3.20. The van der Waals surface area contributed by atoms with Gasteiger partial charge in [-0.3, -0.25) is 4.68 Å². The second-order valence-corrected chi connectivity index (χ2v) is 7.83. The molecular formula is C14H25N3O2S. The van der Waals surface area contributed by atoms with Crippen molar-refractivity contribution in [2.75, 3.05) is 18.1 Å². The number of hydrogen-bond donors (Lipinski definition) is 1. The van der Waals surface area contributed by atoms with Crippen molar-refractivity contribution in [1.82, 2.24) is 15.1 Å². The summed E-state index contributed by atoms with van der Waals surface area (Å²) in [5, 5.41) is 8.10. The van der Waals surface area contributed by atoms with Crippen LogP contribution in [0.15, 0.2) is 0 Å². The lowest BCUT2D eigenvalue weighted by Gasteiger charge is -2.17. The molecule has 2 unspecified atom stereocenters. The predicted octanol–water partition coefficient (Wildman–Crippen LogP) is 1.92. The van der Waals surface area contributed by atoms with Gasteiger partial charge in [-0.1, -0.05) is 13.8 Å². The maximum Gasteiger partial charge on any atom is 0.152 e. The minimum atomic E-state index is -2.88. The van der Waals surface area contributed by atoms with Crippen molar-refractivity contribution in [2.45, 2.75) is 52.6 Å². The van der Waals surface area contributed by atoms with Crippen LogP contribution in [0.25, 0.3) is 0 Å². The molecule has 1 N–H and O–H groups in total. The van der Waals surface area contributed by atoms with E-state index in [0.717, 1.165) is 24.4 Å². The van der Waals surface area contributed by atoms with E-state index in [2.05, 4.69) is 31.2 Å². The topological polar surface area (TPSA) is 64.0 Å². The Morgan fingerprint density at radius 2 is 2.10 bits per heavy atom. The standard InChI is InChI=1S/C14H25N3O2S/c1-5-13(15-6-2)14-10(3)16-17(11(14)4)12-7-8-20(18,19)9-12/h12-13,15H,5-9H2,1-4H3. The van der Waals surface area contributed by atoms with Gasteiger partial charge < -0.3 is 5.32 Å². The van der Waals surface area contributed by atoms with Gasteiger partial charge in [0.2, 0.25) is 0 Å². The highest BCUT2D eigenvalue weighted by Gasteiger charge is 2.32. The summed E-state index contributed by atoms with van der Waals surface area (Å²) in [7, 11) is -2.88. The highest BCUT2D eigenvalue weighted by atomic mass is 32.2. The molecule has 2 heterocycles. The van der Waals surface area contributed by atoms with E-state index in [4.69, 9.17) is 0 Å². The number of aryl methyl sites for hydroxylation is 1. The molecule has 1 aliphatic heterocycles. The number of rotatable bonds is 5. The summed E-state index contributed by atoms with van der Waals surface area (Å²) in [6, 6.07) is 0.304. The summed E-state index contributed by atoms with van der Waals surface area (Å²) in [6.07, 6.45) is 1.69. The van der Waals surface area contributed by atoms with E-state index in [1.807, 2.05) is 11.6 Å². The van der Waals surface area contributed by atoms with Crippen LogP contribution < -0.4 is 5.32 Å². The van der Waals surface area contributed by atoms with Crippen LogP contribution in [0.3, 0.4) is 0 Å². The molecule has 1 aromatic rings. The van der Waals surface area contributed by atoms with Crippen molar-refractivity contribution in [3.8, 4) is 0 Å². The molecule has 0 spiro atoms. The molecule has 0 amide bonds. The first-order valence-corrected chi connectivity index (χ1v) is 9.21. The molecule has 0 saturated carbocycles. The number of hydrogen-bond acceptors (Lipinski definition) is 4. The molecule has 1 fully saturated rings. The van der Waals surface area contributed by atoms with E-state index in [-0.39, 0.29) is 17.5 Å². The van der Waals surface area contributed by atoms with Crippen molar-refractivity contribution >= 4 is 9.84 Å². The Labute approximate surface area is 121 Å². The fraction of sp³-hybridized carbons (Fsp3) is 0.786. The van der Waals surface area contributed by atoms with Crippen LogP contribution in [0.5, 0.6) is 0 Å². The van der Waals surface area contributed by atoms with E-state index in [9.17, 15) is 8.42 Å². The Bertz CT molecular complexity index is 577. The van der Waals surface area contributed by atoms with Crippen LogP contribution in [-0.4, -0.2) is 36.2 Å². The van der Waals surface area contributed by atoms with E-state index in [1.54, 1.807) is 0 Å². The molecule has 0 aliphatic carbocycles. The Morgan fingerprint density at radius 3 is 2.60 bits per heavy atom. The molecule has 2 atom stereocenters. The number of sulfone groups is 1. The Kier molecular flexibility index (Phi) is 4.54. The van der Waals surface area contributed by atoms with Gasteiger partial charge in [-0.15, -0.1) is 0 Å². The van der Waals surface area contributed by atoms with Crippen molar-refractivity contribution in [1.29, 1.82) is 0 Å². The van der Waals surface area contributed by atoms with Crippen molar-refractivity contribution < 1.29 is 8.42 Å². The quantitative estimate of drug-likeness (QED) is 0.902. The summed E-state index contributed by atoms with van der Waals surface area (Å²) in [5.41, 5.74) is 3.36. The third-order valence-corrected chi connectivity index (χ3v) is 5.89. The lowest BCUT2D eigenvalue weighted by molar-refractivity contribution is 0.481. The smallest absolute Gasteiger partial charge is 0.152 e. The van der Waals surface area contributed by atoms with Crippen molar-refractivity contribution in [3.05, 3.63) is 17.0 Å². The van der Waals surface area contributed by atoms with Gasteiger partial charge in [0.25, 0.3) is 0 Å². The van der Waals surface area contributed by atoms with Crippen LogP contribution >= 0.6 is 0 Å². The Morgan fingerprint density at radius 1 is 1.40 bits per heavy atom. The van der Waals surface area contributed by atoms with Gasteiger partial charge in [0.15, 0.2) is 9.84 Å². The minimum absolute atomic E-state index is 0.00610. The zero-order valence-electron chi connectivity index (χ0n) is 12.8. The first kappa shape index (κ1) is 15.5. The van der Waals surface area contributed by atoms with Crippen molar-refractivity contribution in [3.63, 3.8) is 0 Å². The van der Waals surface area contributed by atoms with Gasteiger partial charge >= 0.3 is 0 Å². The molecule has 6 heteroatoms. The van der Waals surface area contributed by atoms with E-state index < -0.39 is 9.84 Å². The lowest BCUT2D eigenvalue weighted by atomic mass is 10.0. The molecule has 1 aliphatic rings. The molecule has 2 rings (SSSR count). The monoisotopic (exact) mass is 299 g/mol. The Hall–Kier alpha value is -0.880. The van der Waals surface area contributed by atoms with E-state index in [1.165, 1.54) is 5.56 Å². The molecule has 5 nitrogen and oxygen atoms in total.